The van der Waals surface area contributed by atoms with Gasteiger partial charge in [0.05, 0.1) is 29.3 Å². The fourth-order valence-corrected chi connectivity index (χ4v) is 4.10. The number of hydrogen-bond donors (Lipinski definition) is 0. The van der Waals surface area contributed by atoms with Gasteiger partial charge in [-0.25, -0.2) is 0 Å². The summed E-state index contributed by atoms with van der Waals surface area (Å²) in [5.41, 5.74) is 4.07. The summed E-state index contributed by atoms with van der Waals surface area (Å²) in [6, 6.07) is 5.84. The third kappa shape index (κ3) is 2.63. The van der Waals surface area contributed by atoms with Gasteiger partial charge in [-0.05, 0) is 37.0 Å². The maximum Gasteiger partial charge on any atom is 0.260 e. The maximum absolute atomic E-state index is 13.5. The van der Waals surface area contributed by atoms with Gasteiger partial charge < -0.3 is 18.8 Å². The van der Waals surface area contributed by atoms with Crippen molar-refractivity contribution in [1.29, 1.82) is 0 Å². The van der Waals surface area contributed by atoms with Gasteiger partial charge in [0.15, 0.2) is 0 Å². The average Bonchev–Trinajstić information content (AvgIpc) is 3.02. The molecule has 0 bridgehead atoms. The number of carbonyl (C=O) groups excluding carboxylic acids is 1. The monoisotopic (exact) mass is 365 g/mol. The number of ether oxygens (including phenoxy) is 1. The van der Waals surface area contributed by atoms with Gasteiger partial charge in [-0.1, -0.05) is 6.07 Å². The Kier molecular flexibility index (Phi) is 4.06. The van der Waals surface area contributed by atoms with Gasteiger partial charge >= 0.3 is 0 Å². The van der Waals surface area contributed by atoms with Gasteiger partial charge in [-0.2, -0.15) is 0 Å². The van der Waals surface area contributed by atoms with Crippen LogP contribution in [0.5, 0.6) is 5.75 Å². The predicted molar refractivity (Wildman–Crippen MR) is 106 cm³/mol. The Morgan fingerprint density at radius 1 is 1.15 bits per heavy atom. The van der Waals surface area contributed by atoms with E-state index < -0.39 is 0 Å². The van der Waals surface area contributed by atoms with Crippen molar-refractivity contribution in [1.82, 2.24) is 9.13 Å². The van der Waals surface area contributed by atoms with E-state index in [0.717, 1.165) is 40.9 Å². The van der Waals surface area contributed by atoms with Gasteiger partial charge in [0.2, 0.25) is 0 Å². The van der Waals surface area contributed by atoms with Crippen LogP contribution in [0.25, 0.3) is 10.9 Å². The summed E-state index contributed by atoms with van der Waals surface area (Å²) >= 11 is 0. The summed E-state index contributed by atoms with van der Waals surface area (Å²) in [6.45, 7) is 2.58. The highest BCUT2D eigenvalue weighted by Gasteiger charge is 2.28. The first-order valence-corrected chi connectivity index (χ1v) is 9.06. The molecule has 0 saturated carbocycles. The van der Waals surface area contributed by atoms with Gasteiger partial charge in [-0.3, -0.25) is 9.59 Å². The summed E-state index contributed by atoms with van der Waals surface area (Å²) in [5, 5.41) is 0.486. The van der Waals surface area contributed by atoms with Crippen LogP contribution >= 0.6 is 0 Å². The van der Waals surface area contributed by atoms with Crippen molar-refractivity contribution in [3.05, 3.63) is 57.6 Å². The summed E-state index contributed by atoms with van der Waals surface area (Å²) in [7, 11) is 5.21. The molecule has 6 nitrogen and oxygen atoms in total. The van der Waals surface area contributed by atoms with E-state index in [1.54, 1.807) is 36.0 Å². The number of aromatic nitrogens is 2. The van der Waals surface area contributed by atoms with Crippen LogP contribution in [-0.4, -0.2) is 28.7 Å². The van der Waals surface area contributed by atoms with Crippen LogP contribution in [0.4, 0.5) is 5.69 Å². The molecular weight excluding hydrogens is 342 g/mol. The topological polar surface area (TPSA) is 56.5 Å². The number of aryl methyl sites for hydroxylation is 4. The molecule has 140 valence electrons. The molecule has 1 aliphatic heterocycles. The molecule has 1 aromatic carbocycles. The Hall–Kier alpha value is -3.02. The molecule has 0 unspecified atom stereocenters. The lowest BCUT2D eigenvalue weighted by Crippen LogP contribution is -2.36. The van der Waals surface area contributed by atoms with E-state index in [1.165, 1.54) is 0 Å². The van der Waals surface area contributed by atoms with E-state index >= 15 is 0 Å². The number of nitrogens with zero attached hydrogens (tertiary/aromatic N) is 3. The fourth-order valence-electron chi connectivity index (χ4n) is 4.10. The molecule has 2 aromatic heterocycles. The number of amides is 1. The number of anilines is 1. The second kappa shape index (κ2) is 6.30. The average molecular weight is 365 g/mol. The molecule has 1 aliphatic rings. The normalized spacial score (nSPS) is 13.7. The molecule has 27 heavy (non-hydrogen) atoms. The van der Waals surface area contributed by atoms with Crippen LogP contribution in [0.2, 0.25) is 0 Å². The lowest BCUT2D eigenvalue weighted by Gasteiger charge is -2.29. The largest absolute Gasteiger partial charge is 0.497 e. The number of carbonyl (C=O) groups is 1. The van der Waals surface area contributed by atoms with Crippen LogP contribution in [-0.2, 0) is 20.5 Å². The smallest absolute Gasteiger partial charge is 0.260 e. The minimum Gasteiger partial charge on any atom is -0.497 e. The van der Waals surface area contributed by atoms with E-state index in [1.807, 2.05) is 36.7 Å². The number of benzene rings is 1. The zero-order chi connectivity index (χ0) is 19.3. The highest BCUT2D eigenvalue weighted by atomic mass is 16.5. The molecule has 0 aliphatic carbocycles. The summed E-state index contributed by atoms with van der Waals surface area (Å²) in [5.74, 6) is 0.579. The number of pyridine rings is 1. The zero-order valence-electron chi connectivity index (χ0n) is 16.1. The zero-order valence-corrected chi connectivity index (χ0v) is 16.1. The Bertz CT molecular complexity index is 1120. The molecule has 0 saturated heterocycles. The lowest BCUT2D eigenvalue weighted by atomic mass is 10.0. The van der Waals surface area contributed by atoms with Crippen LogP contribution < -0.4 is 15.2 Å². The molecule has 3 heterocycles. The number of hydrogen-bond acceptors (Lipinski definition) is 3. The minimum absolute atomic E-state index is 0.141. The molecule has 1 amide bonds. The highest BCUT2D eigenvalue weighted by molar-refractivity contribution is 6.14. The Labute approximate surface area is 157 Å². The van der Waals surface area contributed by atoms with E-state index in [4.69, 9.17) is 4.74 Å². The summed E-state index contributed by atoms with van der Waals surface area (Å²) in [4.78, 5) is 28.1. The van der Waals surface area contributed by atoms with Crippen molar-refractivity contribution in [2.45, 2.75) is 19.8 Å². The van der Waals surface area contributed by atoms with E-state index in [2.05, 4.69) is 0 Å². The summed E-state index contributed by atoms with van der Waals surface area (Å²) < 4.78 is 8.76. The molecule has 3 aromatic rings. The molecular formula is C21H23N3O3. The summed E-state index contributed by atoms with van der Waals surface area (Å²) in [6.07, 6.45) is 5.40. The Morgan fingerprint density at radius 3 is 2.67 bits per heavy atom. The van der Waals surface area contributed by atoms with Crippen LogP contribution in [0.1, 0.15) is 27.9 Å². The minimum atomic E-state index is -0.151. The van der Waals surface area contributed by atoms with Crippen LogP contribution in [0.3, 0.4) is 0 Å². The van der Waals surface area contributed by atoms with Crippen molar-refractivity contribution < 1.29 is 9.53 Å². The van der Waals surface area contributed by atoms with Gasteiger partial charge in [0.1, 0.15) is 5.75 Å². The third-order valence-electron chi connectivity index (χ3n) is 5.36. The maximum atomic E-state index is 13.5. The SMILES string of the molecule is COc1ccc2c(c1)N(C(=O)c1cn(C)c3c(C)cn(C)c(=O)c13)CCC2. The van der Waals surface area contributed by atoms with E-state index in [0.29, 0.717) is 17.5 Å². The highest BCUT2D eigenvalue weighted by Crippen LogP contribution is 2.33. The first-order chi connectivity index (χ1) is 12.9. The second-order valence-corrected chi connectivity index (χ2v) is 7.16. The van der Waals surface area contributed by atoms with Gasteiger partial charge in [-0.15, -0.1) is 0 Å². The fraction of sp³-hybridized carbons (Fsp3) is 0.333. The van der Waals surface area contributed by atoms with Gasteiger partial charge in [0, 0.05) is 39.1 Å². The van der Waals surface area contributed by atoms with Crippen molar-refractivity contribution in [3.8, 4) is 5.75 Å². The molecule has 0 fully saturated rings. The first-order valence-electron chi connectivity index (χ1n) is 9.06. The quantitative estimate of drug-likeness (QED) is 0.702. The Morgan fingerprint density at radius 2 is 1.93 bits per heavy atom. The molecule has 4 rings (SSSR count). The van der Waals surface area contributed by atoms with Gasteiger partial charge in [0.25, 0.3) is 11.5 Å². The molecule has 0 N–H and O–H groups in total. The van der Waals surface area contributed by atoms with Crippen LogP contribution in [0.15, 0.2) is 35.4 Å². The van der Waals surface area contributed by atoms with Crippen LogP contribution in [0, 0.1) is 6.92 Å². The molecule has 0 radical (unpaired) electrons. The number of methoxy groups -OCH3 is 1. The van der Waals surface area contributed by atoms with Crippen molar-refractivity contribution in [3.63, 3.8) is 0 Å². The van der Waals surface area contributed by atoms with E-state index in [-0.39, 0.29) is 11.5 Å². The standard InChI is InChI=1S/C21H23N3O3/c1-13-11-23(3)21(26)18-16(12-22(2)19(13)18)20(25)24-9-5-6-14-7-8-15(27-4)10-17(14)24/h7-8,10-12H,5-6,9H2,1-4H3. The Balaban J connectivity index is 1.90. The first kappa shape index (κ1) is 17.4. The molecule has 6 heteroatoms. The third-order valence-corrected chi connectivity index (χ3v) is 5.36. The predicted octanol–water partition coefficient (Wildman–Crippen LogP) is 2.79. The molecule has 0 atom stereocenters. The van der Waals surface area contributed by atoms with Crippen molar-refractivity contribution >= 4 is 22.5 Å². The number of rotatable bonds is 2. The number of fused-ring (bicyclic) bond motifs is 2. The van der Waals surface area contributed by atoms with E-state index in [9.17, 15) is 9.59 Å². The lowest BCUT2D eigenvalue weighted by molar-refractivity contribution is 0.0986. The molecule has 0 spiro atoms. The van der Waals surface area contributed by atoms with Crippen molar-refractivity contribution in [2.75, 3.05) is 18.6 Å². The second-order valence-electron chi connectivity index (χ2n) is 7.16. The van der Waals surface area contributed by atoms with Crippen molar-refractivity contribution in [2.24, 2.45) is 14.1 Å².